The lowest BCUT2D eigenvalue weighted by atomic mass is 10.2. The van der Waals surface area contributed by atoms with Crippen molar-refractivity contribution in [1.82, 2.24) is 4.98 Å². The molecular formula is C13H20FNOSi. The number of pyridine rings is 1. The van der Waals surface area contributed by atoms with Crippen molar-refractivity contribution in [3.05, 3.63) is 30.2 Å². The summed E-state index contributed by atoms with van der Waals surface area (Å²) in [4.78, 5) is 4.11. The number of hydrogen-bond acceptors (Lipinski definition) is 2. The van der Waals surface area contributed by atoms with Crippen LogP contribution in [0, 0.1) is 5.82 Å². The Hall–Kier alpha value is -1.16. The maximum atomic E-state index is 13.6. The molecule has 0 fully saturated rings. The molecule has 0 saturated carbocycles. The first-order valence-electron chi connectivity index (χ1n) is 5.65. The van der Waals surface area contributed by atoms with E-state index in [9.17, 15) is 4.39 Å². The predicted molar refractivity (Wildman–Crippen MR) is 72.1 cm³/mol. The van der Waals surface area contributed by atoms with Crippen molar-refractivity contribution in [3.8, 4) is 5.88 Å². The molecule has 0 bridgehead atoms. The third-order valence-corrected chi connectivity index (χ3v) is 7.52. The number of rotatable bonds is 3. The van der Waals surface area contributed by atoms with Crippen LogP contribution in [0.5, 0.6) is 5.88 Å². The quantitative estimate of drug-likeness (QED) is 0.751. The van der Waals surface area contributed by atoms with Crippen molar-refractivity contribution >= 4 is 14.4 Å². The molecule has 17 heavy (non-hydrogen) atoms. The second-order valence-electron chi connectivity index (χ2n) is 5.59. The van der Waals surface area contributed by atoms with Gasteiger partial charge in [0.15, 0.2) is 5.82 Å². The van der Waals surface area contributed by atoms with Crippen LogP contribution < -0.4 is 4.43 Å². The van der Waals surface area contributed by atoms with E-state index in [1.165, 1.54) is 6.07 Å². The summed E-state index contributed by atoms with van der Waals surface area (Å²) in [5.41, 5.74) is 0.625. The summed E-state index contributed by atoms with van der Waals surface area (Å²) < 4.78 is 19.5. The van der Waals surface area contributed by atoms with E-state index < -0.39 is 14.1 Å². The zero-order valence-corrected chi connectivity index (χ0v) is 12.2. The molecule has 1 heterocycles. The number of hydrogen-bond donors (Lipinski definition) is 0. The Kier molecular flexibility index (Phi) is 3.77. The van der Waals surface area contributed by atoms with E-state index in [1.807, 2.05) is 0 Å². The van der Waals surface area contributed by atoms with Gasteiger partial charge in [-0.25, -0.2) is 9.37 Å². The second kappa shape index (κ2) is 4.60. The molecule has 0 saturated heterocycles. The van der Waals surface area contributed by atoms with Crippen molar-refractivity contribution in [3.63, 3.8) is 0 Å². The summed E-state index contributed by atoms with van der Waals surface area (Å²) in [6, 6.07) is 2.95. The van der Waals surface area contributed by atoms with Gasteiger partial charge in [0.25, 0.3) is 8.32 Å². The van der Waals surface area contributed by atoms with Gasteiger partial charge < -0.3 is 4.43 Å². The first-order chi connectivity index (χ1) is 7.67. The third-order valence-electron chi connectivity index (χ3n) is 3.20. The van der Waals surface area contributed by atoms with Crippen molar-refractivity contribution < 1.29 is 8.82 Å². The van der Waals surface area contributed by atoms with E-state index in [1.54, 1.807) is 12.1 Å². The molecule has 0 aliphatic carbocycles. The van der Waals surface area contributed by atoms with Gasteiger partial charge in [-0.1, -0.05) is 27.4 Å². The first kappa shape index (κ1) is 13.9. The Morgan fingerprint density at radius 2 is 1.94 bits per heavy atom. The Labute approximate surface area is 104 Å². The molecule has 0 aromatic carbocycles. The summed E-state index contributed by atoms with van der Waals surface area (Å²) in [5.74, 6) is -0.325. The molecule has 1 aromatic heterocycles. The summed E-state index contributed by atoms with van der Waals surface area (Å²) in [6.45, 7) is 14.1. The maximum Gasteiger partial charge on any atom is 0.252 e. The SMILES string of the molecule is C=Cc1ccc(F)c(O[Si](C)(C)C(C)(C)C)n1. The number of nitrogens with zero attached hydrogens (tertiary/aromatic N) is 1. The fourth-order valence-corrected chi connectivity index (χ4v) is 1.95. The minimum absolute atomic E-state index is 0.0192. The fraction of sp³-hybridized carbons (Fsp3) is 0.462. The minimum atomic E-state index is -2.05. The largest absolute Gasteiger partial charge is 0.529 e. The highest BCUT2D eigenvalue weighted by Gasteiger charge is 2.39. The Morgan fingerprint density at radius 3 is 2.41 bits per heavy atom. The molecule has 0 aliphatic rings. The minimum Gasteiger partial charge on any atom is -0.529 e. The summed E-state index contributed by atoms with van der Waals surface area (Å²) in [7, 11) is -2.05. The van der Waals surface area contributed by atoms with Gasteiger partial charge in [-0.3, -0.25) is 0 Å². The maximum absolute atomic E-state index is 13.6. The molecular weight excluding hydrogens is 233 g/mol. The van der Waals surface area contributed by atoms with Crippen LogP contribution in [0.3, 0.4) is 0 Å². The van der Waals surface area contributed by atoms with Crippen LogP contribution in [0.4, 0.5) is 4.39 Å². The molecule has 1 aromatic rings. The summed E-state index contributed by atoms with van der Waals surface area (Å²) >= 11 is 0. The van der Waals surface area contributed by atoms with Crippen LogP contribution in [-0.4, -0.2) is 13.3 Å². The van der Waals surface area contributed by atoms with E-state index in [0.29, 0.717) is 5.69 Å². The van der Waals surface area contributed by atoms with Gasteiger partial charge in [0.2, 0.25) is 5.88 Å². The molecule has 0 N–H and O–H groups in total. The highest BCUT2D eigenvalue weighted by atomic mass is 28.4. The highest BCUT2D eigenvalue weighted by molar-refractivity contribution is 6.74. The van der Waals surface area contributed by atoms with E-state index in [-0.39, 0.29) is 10.9 Å². The van der Waals surface area contributed by atoms with Crippen molar-refractivity contribution in [2.24, 2.45) is 0 Å². The standard InChI is InChI=1S/C13H20FNOSi/c1-7-10-8-9-11(14)12(15-10)16-17(5,6)13(2,3)4/h7-9H,1H2,2-6H3. The van der Waals surface area contributed by atoms with Crippen molar-refractivity contribution in [2.75, 3.05) is 0 Å². The number of halogens is 1. The Bertz CT molecular complexity index is 424. The van der Waals surface area contributed by atoms with Gasteiger partial charge >= 0.3 is 0 Å². The van der Waals surface area contributed by atoms with E-state index >= 15 is 0 Å². The smallest absolute Gasteiger partial charge is 0.252 e. The van der Waals surface area contributed by atoms with E-state index in [2.05, 4.69) is 45.4 Å². The van der Waals surface area contributed by atoms with Gasteiger partial charge in [0.05, 0.1) is 5.69 Å². The average Bonchev–Trinajstić information content (AvgIpc) is 2.19. The fourth-order valence-electron chi connectivity index (χ4n) is 1.02. The molecule has 0 unspecified atom stereocenters. The monoisotopic (exact) mass is 253 g/mol. The van der Waals surface area contributed by atoms with Crippen LogP contribution in [0.1, 0.15) is 26.5 Å². The lowest BCUT2D eigenvalue weighted by Gasteiger charge is -2.35. The van der Waals surface area contributed by atoms with Crippen molar-refractivity contribution in [1.29, 1.82) is 0 Å². The number of aromatic nitrogens is 1. The van der Waals surface area contributed by atoms with Gasteiger partial charge in [-0.05, 0) is 36.3 Å². The predicted octanol–water partition coefficient (Wildman–Crippen LogP) is 4.25. The zero-order valence-electron chi connectivity index (χ0n) is 11.2. The summed E-state index contributed by atoms with van der Waals surface area (Å²) in [5, 5.41) is 0.0192. The lowest BCUT2D eigenvalue weighted by Crippen LogP contribution is -2.44. The van der Waals surface area contributed by atoms with Crippen molar-refractivity contribution in [2.45, 2.75) is 38.9 Å². The van der Waals surface area contributed by atoms with Crippen LogP contribution in [-0.2, 0) is 0 Å². The molecule has 0 spiro atoms. The molecule has 94 valence electrons. The van der Waals surface area contributed by atoms with E-state index in [0.717, 1.165) is 0 Å². The average molecular weight is 253 g/mol. The van der Waals surface area contributed by atoms with Gasteiger partial charge in [0, 0.05) is 0 Å². The molecule has 0 radical (unpaired) electrons. The van der Waals surface area contributed by atoms with Gasteiger partial charge in [0.1, 0.15) is 0 Å². The molecule has 0 atom stereocenters. The topological polar surface area (TPSA) is 22.1 Å². The van der Waals surface area contributed by atoms with Crippen LogP contribution in [0.2, 0.25) is 18.1 Å². The van der Waals surface area contributed by atoms with Gasteiger partial charge in [-0.2, -0.15) is 0 Å². The lowest BCUT2D eigenvalue weighted by molar-refractivity contribution is 0.439. The van der Waals surface area contributed by atoms with Crippen LogP contribution >= 0.6 is 0 Å². The molecule has 2 nitrogen and oxygen atoms in total. The second-order valence-corrected chi connectivity index (χ2v) is 10.3. The Morgan fingerprint density at radius 1 is 1.35 bits per heavy atom. The van der Waals surface area contributed by atoms with Crippen LogP contribution in [0.25, 0.3) is 6.08 Å². The molecule has 0 amide bonds. The third kappa shape index (κ3) is 3.16. The first-order valence-corrected chi connectivity index (χ1v) is 8.56. The van der Waals surface area contributed by atoms with Crippen LogP contribution in [0.15, 0.2) is 18.7 Å². The highest BCUT2D eigenvalue weighted by Crippen LogP contribution is 2.37. The summed E-state index contributed by atoms with van der Waals surface area (Å²) in [6.07, 6.45) is 1.58. The normalized spacial score (nSPS) is 12.4. The van der Waals surface area contributed by atoms with E-state index in [4.69, 9.17) is 4.43 Å². The zero-order chi connectivity index (χ0) is 13.3. The molecule has 1 rings (SSSR count). The van der Waals surface area contributed by atoms with Gasteiger partial charge in [-0.15, -0.1) is 0 Å². The molecule has 4 heteroatoms. The Balaban J connectivity index is 3.06. The molecule has 0 aliphatic heterocycles.